The molecule has 1 aromatic carbocycles. The Bertz CT molecular complexity index is 671. The van der Waals surface area contributed by atoms with Crippen LogP contribution in [0, 0.1) is 11.3 Å². The van der Waals surface area contributed by atoms with Gasteiger partial charge in [-0.3, -0.25) is 4.79 Å². The van der Waals surface area contributed by atoms with Crippen LogP contribution >= 0.6 is 0 Å². The lowest BCUT2D eigenvalue weighted by Crippen LogP contribution is -2.46. The molecular formula is C19H23N3O4. The topological polar surface area (TPSA) is 91.7 Å². The fourth-order valence-electron chi connectivity index (χ4n) is 2.63. The molecule has 0 spiro atoms. The first-order valence-corrected chi connectivity index (χ1v) is 8.62. The van der Waals surface area contributed by atoms with Crippen LogP contribution in [0.4, 0.5) is 4.79 Å². The number of nitrogens with one attached hydrogen (secondary N) is 1. The molecule has 1 heterocycles. The summed E-state index contributed by atoms with van der Waals surface area (Å²) in [6.45, 7) is 3.32. The van der Waals surface area contributed by atoms with Gasteiger partial charge in [-0.05, 0) is 43.5 Å². The third-order valence-electron chi connectivity index (χ3n) is 3.98. The van der Waals surface area contributed by atoms with Gasteiger partial charge in [0.05, 0.1) is 6.61 Å². The quantitative estimate of drug-likeness (QED) is 0.789. The Morgan fingerprint density at radius 2 is 2.00 bits per heavy atom. The van der Waals surface area contributed by atoms with E-state index in [4.69, 9.17) is 14.7 Å². The zero-order chi connectivity index (χ0) is 18.8. The summed E-state index contributed by atoms with van der Waals surface area (Å²) in [6, 6.07) is 9.09. The standard InChI is InChI=1S/C19H23N3O4/c1-2-25-19(24)22-12-9-16(10-13-22)21-18(23)8-5-15-3-6-17(7-4-15)26-14-11-20/h3-8,16H,2,9-10,12-14H2,1H3,(H,21,23)/b8-5+. The number of amides is 2. The monoisotopic (exact) mass is 357 g/mol. The van der Waals surface area contributed by atoms with Crippen molar-refractivity contribution in [3.05, 3.63) is 35.9 Å². The van der Waals surface area contributed by atoms with Gasteiger partial charge in [-0.25, -0.2) is 4.79 Å². The highest BCUT2D eigenvalue weighted by molar-refractivity contribution is 5.91. The molecule has 2 rings (SSSR count). The third-order valence-corrected chi connectivity index (χ3v) is 3.98. The van der Waals surface area contributed by atoms with E-state index in [0.29, 0.717) is 38.3 Å². The Morgan fingerprint density at radius 3 is 2.62 bits per heavy atom. The zero-order valence-corrected chi connectivity index (χ0v) is 14.8. The Morgan fingerprint density at radius 1 is 1.31 bits per heavy atom. The molecule has 1 N–H and O–H groups in total. The maximum absolute atomic E-state index is 12.0. The molecule has 138 valence electrons. The second kappa shape index (κ2) is 10.1. The molecule has 1 aliphatic heterocycles. The van der Waals surface area contributed by atoms with Crippen LogP contribution in [0.25, 0.3) is 6.08 Å². The zero-order valence-electron chi connectivity index (χ0n) is 14.8. The highest BCUT2D eigenvalue weighted by atomic mass is 16.6. The second-order valence-electron chi connectivity index (χ2n) is 5.82. The molecular weight excluding hydrogens is 334 g/mol. The summed E-state index contributed by atoms with van der Waals surface area (Å²) in [5, 5.41) is 11.4. The van der Waals surface area contributed by atoms with Crippen molar-refractivity contribution in [2.24, 2.45) is 0 Å². The molecule has 1 saturated heterocycles. The minimum Gasteiger partial charge on any atom is -0.479 e. The summed E-state index contributed by atoms with van der Waals surface area (Å²) in [5.74, 6) is 0.450. The first-order chi connectivity index (χ1) is 12.6. The maximum Gasteiger partial charge on any atom is 0.409 e. The minimum atomic E-state index is -0.292. The molecule has 0 unspecified atom stereocenters. The lowest BCUT2D eigenvalue weighted by molar-refractivity contribution is -0.117. The van der Waals surface area contributed by atoms with Gasteiger partial charge in [-0.15, -0.1) is 0 Å². The molecule has 0 aliphatic carbocycles. The van der Waals surface area contributed by atoms with E-state index in [1.165, 1.54) is 6.08 Å². The van der Waals surface area contributed by atoms with Crippen molar-refractivity contribution in [3.63, 3.8) is 0 Å². The van der Waals surface area contributed by atoms with E-state index >= 15 is 0 Å². The Hall–Kier alpha value is -3.01. The molecule has 1 aromatic rings. The van der Waals surface area contributed by atoms with Crippen LogP contribution in [0.1, 0.15) is 25.3 Å². The van der Waals surface area contributed by atoms with Crippen LogP contribution in [0.2, 0.25) is 0 Å². The number of carbonyl (C=O) groups is 2. The molecule has 2 amide bonds. The largest absolute Gasteiger partial charge is 0.479 e. The first kappa shape index (κ1) is 19.3. The Balaban J connectivity index is 1.76. The van der Waals surface area contributed by atoms with Gasteiger partial charge in [-0.2, -0.15) is 5.26 Å². The van der Waals surface area contributed by atoms with Crippen LogP contribution < -0.4 is 10.1 Å². The predicted octanol–water partition coefficient (Wildman–Crippen LogP) is 2.34. The van der Waals surface area contributed by atoms with Gasteiger partial charge in [0.25, 0.3) is 0 Å². The minimum absolute atomic E-state index is 0.00652. The van der Waals surface area contributed by atoms with Crippen molar-refractivity contribution < 1.29 is 19.1 Å². The molecule has 26 heavy (non-hydrogen) atoms. The number of piperidine rings is 1. The highest BCUT2D eigenvalue weighted by Crippen LogP contribution is 2.14. The molecule has 1 fully saturated rings. The number of rotatable bonds is 6. The van der Waals surface area contributed by atoms with Gasteiger partial charge in [0, 0.05) is 25.2 Å². The molecule has 1 aliphatic rings. The SMILES string of the molecule is CCOC(=O)N1CCC(NC(=O)/C=C/c2ccc(OCC#N)cc2)CC1. The summed E-state index contributed by atoms with van der Waals surface area (Å²) in [6.07, 6.45) is 4.34. The van der Waals surface area contributed by atoms with Crippen molar-refractivity contribution in [1.29, 1.82) is 5.26 Å². The molecule has 0 bridgehead atoms. The number of hydrogen-bond donors (Lipinski definition) is 1. The van der Waals surface area contributed by atoms with Gasteiger partial charge < -0.3 is 19.7 Å². The number of ether oxygens (including phenoxy) is 2. The number of benzene rings is 1. The van der Waals surface area contributed by atoms with E-state index in [2.05, 4.69) is 5.32 Å². The number of nitriles is 1. The average Bonchev–Trinajstić information content (AvgIpc) is 2.66. The van der Waals surface area contributed by atoms with Crippen LogP contribution in [-0.2, 0) is 9.53 Å². The van der Waals surface area contributed by atoms with Crippen molar-refractivity contribution in [1.82, 2.24) is 10.2 Å². The van der Waals surface area contributed by atoms with Crippen LogP contribution in [0.15, 0.2) is 30.3 Å². The summed E-state index contributed by atoms with van der Waals surface area (Å²) in [7, 11) is 0. The van der Waals surface area contributed by atoms with Gasteiger partial charge in [0.1, 0.15) is 11.8 Å². The summed E-state index contributed by atoms with van der Waals surface area (Å²) >= 11 is 0. The molecule has 7 heteroatoms. The van der Waals surface area contributed by atoms with Gasteiger partial charge in [-0.1, -0.05) is 12.1 Å². The summed E-state index contributed by atoms with van der Waals surface area (Å²) in [4.78, 5) is 25.4. The van der Waals surface area contributed by atoms with Crippen molar-refractivity contribution in [3.8, 4) is 11.8 Å². The fraction of sp³-hybridized carbons (Fsp3) is 0.421. The van der Waals surface area contributed by atoms with Gasteiger partial charge in [0.15, 0.2) is 6.61 Å². The fourth-order valence-corrected chi connectivity index (χ4v) is 2.63. The Kier molecular flexibility index (Phi) is 7.49. The van der Waals surface area contributed by atoms with Crippen molar-refractivity contribution in [2.45, 2.75) is 25.8 Å². The first-order valence-electron chi connectivity index (χ1n) is 8.62. The van der Waals surface area contributed by atoms with Crippen LogP contribution in [0.3, 0.4) is 0 Å². The molecule has 0 saturated carbocycles. The molecule has 0 atom stereocenters. The van der Waals surface area contributed by atoms with Crippen molar-refractivity contribution in [2.75, 3.05) is 26.3 Å². The number of hydrogen-bond acceptors (Lipinski definition) is 5. The van der Waals surface area contributed by atoms with E-state index < -0.39 is 0 Å². The summed E-state index contributed by atoms with van der Waals surface area (Å²) < 4.78 is 10.2. The van der Waals surface area contributed by atoms with Crippen LogP contribution in [0.5, 0.6) is 5.75 Å². The van der Waals surface area contributed by atoms with Gasteiger partial charge in [0.2, 0.25) is 5.91 Å². The van der Waals surface area contributed by atoms with E-state index in [9.17, 15) is 9.59 Å². The lowest BCUT2D eigenvalue weighted by atomic mass is 10.1. The van der Waals surface area contributed by atoms with Crippen molar-refractivity contribution >= 4 is 18.1 Å². The normalized spacial score (nSPS) is 14.7. The molecule has 7 nitrogen and oxygen atoms in total. The smallest absolute Gasteiger partial charge is 0.409 e. The van der Waals surface area contributed by atoms with Crippen LogP contribution in [-0.4, -0.2) is 49.2 Å². The lowest BCUT2D eigenvalue weighted by Gasteiger charge is -2.31. The second-order valence-corrected chi connectivity index (χ2v) is 5.82. The van der Waals surface area contributed by atoms with Gasteiger partial charge >= 0.3 is 6.09 Å². The van der Waals surface area contributed by atoms with E-state index in [-0.39, 0.29) is 24.6 Å². The number of nitrogens with zero attached hydrogens (tertiary/aromatic N) is 2. The van der Waals surface area contributed by atoms with E-state index in [1.54, 1.807) is 30.0 Å². The molecule has 0 radical (unpaired) electrons. The average molecular weight is 357 g/mol. The number of likely N-dealkylation sites (tertiary alicyclic amines) is 1. The molecule has 0 aromatic heterocycles. The predicted molar refractivity (Wildman–Crippen MR) is 96.3 cm³/mol. The highest BCUT2D eigenvalue weighted by Gasteiger charge is 2.23. The van der Waals surface area contributed by atoms with E-state index in [0.717, 1.165) is 5.56 Å². The Labute approximate surface area is 153 Å². The maximum atomic E-state index is 12.0. The summed E-state index contributed by atoms with van der Waals surface area (Å²) in [5.41, 5.74) is 0.863. The number of carbonyl (C=O) groups excluding carboxylic acids is 2. The van der Waals surface area contributed by atoms with E-state index in [1.807, 2.05) is 18.2 Å². The third kappa shape index (κ3) is 6.13.